The summed E-state index contributed by atoms with van der Waals surface area (Å²) in [6.45, 7) is -0.184. The summed E-state index contributed by atoms with van der Waals surface area (Å²) >= 11 is 0. The minimum absolute atomic E-state index is 0.0746. The monoisotopic (exact) mass is 386 g/mol. The number of hydrogen-bond acceptors (Lipinski definition) is 6. The molecule has 9 nitrogen and oxygen atoms in total. The first kappa shape index (κ1) is 17.8. The highest BCUT2D eigenvalue weighted by atomic mass is 19.1. The fourth-order valence-electron chi connectivity index (χ4n) is 3.76. The van der Waals surface area contributed by atoms with E-state index in [4.69, 9.17) is 10.5 Å². The van der Waals surface area contributed by atoms with Crippen LogP contribution in [0.1, 0.15) is 16.8 Å². The lowest BCUT2D eigenvalue weighted by atomic mass is 9.76. The van der Waals surface area contributed by atoms with Crippen LogP contribution in [0.2, 0.25) is 0 Å². The maximum atomic E-state index is 14.2. The SMILES string of the molecule is NC(=O)C1CC2(CNC(=O)N2C(=O)c2cccnc2)C2=C(C=CC(F)C2=O)O1. The number of hydrogen-bond donors (Lipinski definition) is 2. The average Bonchev–Trinajstić information content (AvgIpc) is 3.00. The van der Waals surface area contributed by atoms with Crippen molar-refractivity contribution in [3.05, 3.63) is 53.6 Å². The summed E-state index contributed by atoms with van der Waals surface area (Å²) in [6, 6.07) is 2.19. The first-order chi connectivity index (χ1) is 13.3. The van der Waals surface area contributed by atoms with E-state index in [1.807, 2.05) is 0 Å². The van der Waals surface area contributed by atoms with E-state index in [0.29, 0.717) is 0 Å². The Bertz CT molecular complexity index is 960. The molecule has 10 heteroatoms. The number of ether oxygens (including phenoxy) is 1. The number of carbonyl (C=O) groups excluding carboxylic acids is 4. The molecule has 0 aromatic carbocycles. The highest BCUT2D eigenvalue weighted by molar-refractivity contribution is 6.11. The van der Waals surface area contributed by atoms with Crippen molar-refractivity contribution in [2.24, 2.45) is 5.73 Å². The van der Waals surface area contributed by atoms with E-state index >= 15 is 0 Å². The van der Waals surface area contributed by atoms with Crippen LogP contribution in [-0.4, -0.2) is 57.9 Å². The highest BCUT2D eigenvalue weighted by Gasteiger charge is 2.59. The molecule has 3 heterocycles. The molecule has 2 aliphatic heterocycles. The van der Waals surface area contributed by atoms with Gasteiger partial charge >= 0.3 is 6.03 Å². The quantitative estimate of drug-likeness (QED) is 0.735. The molecule has 1 fully saturated rings. The van der Waals surface area contributed by atoms with Gasteiger partial charge in [0, 0.05) is 25.4 Å². The zero-order valence-corrected chi connectivity index (χ0v) is 14.4. The molecule has 144 valence electrons. The molecular weight excluding hydrogens is 371 g/mol. The second-order valence-electron chi connectivity index (χ2n) is 6.65. The summed E-state index contributed by atoms with van der Waals surface area (Å²) in [5.41, 5.74) is 3.70. The topological polar surface area (TPSA) is 132 Å². The molecule has 3 atom stereocenters. The zero-order chi connectivity index (χ0) is 20.1. The van der Waals surface area contributed by atoms with Crippen molar-refractivity contribution >= 4 is 23.6 Å². The highest BCUT2D eigenvalue weighted by Crippen LogP contribution is 2.43. The molecule has 0 radical (unpaired) electrons. The smallest absolute Gasteiger partial charge is 0.325 e. The van der Waals surface area contributed by atoms with Crippen molar-refractivity contribution in [3.63, 3.8) is 0 Å². The Morgan fingerprint density at radius 3 is 2.86 bits per heavy atom. The van der Waals surface area contributed by atoms with Gasteiger partial charge < -0.3 is 15.8 Å². The van der Waals surface area contributed by atoms with Gasteiger partial charge in [0.2, 0.25) is 5.78 Å². The van der Waals surface area contributed by atoms with Gasteiger partial charge in [-0.25, -0.2) is 14.1 Å². The number of nitrogens with zero attached hydrogens (tertiary/aromatic N) is 2. The van der Waals surface area contributed by atoms with Crippen LogP contribution in [0.4, 0.5) is 9.18 Å². The van der Waals surface area contributed by atoms with E-state index in [-0.39, 0.29) is 29.9 Å². The molecule has 0 saturated carbocycles. The normalized spacial score (nSPS) is 28.8. The Morgan fingerprint density at radius 1 is 1.39 bits per heavy atom. The van der Waals surface area contributed by atoms with Crippen LogP contribution < -0.4 is 11.1 Å². The Labute approximate surface area is 158 Å². The van der Waals surface area contributed by atoms with Crippen molar-refractivity contribution in [2.75, 3.05) is 6.54 Å². The van der Waals surface area contributed by atoms with E-state index < -0.39 is 41.4 Å². The van der Waals surface area contributed by atoms with Gasteiger partial charge in [0.25, 0.3) is 11.8 Å². The molecule has 1 spiro atoms. The molecule has 1 aromatic rings. The van der Waals surface area contributed by atoms with Gasteiger partial charge in [-0.05, 0) is 24.3 Å². The van der Waals surface area contributed by atoms with Crippen molar-refractivity contribution in [1.82, 2.24) is 15.2 Å². The van der Waals surface area contributed by atoms with Gasteiger partial charge in [-0.15, -0.1) is 0 Å². The van der Waals surface area contributed by atoms with Crippen LogP contribution in [0.5, 0.6) is 0 Å². The van der Waals surface area contributed by atoms with Gasteiger partial charge in [-0.1, -0.05) is 0 Å². The molecule has 3 unspecified atom stereocenters. The largest absolute Gasteiger partial charge is 0.480 e. The molecule has 4 amide bonds. The number of alkyl halides is 1. The molecule has 1 aliphatic carbocycles. The number of fused-ring (bicyclic) bond motifs is 1. The maximum absolute atomic E-state index is 14.2. The number of carbonyl (C=O) groups is 4. The van der Waals surface area contributed by atoms with Crippen molar-refractivity contribution in [2.45, 2.75) is 24.2 Å². The summed E-state index contributed by atoms with van der Waals surface area (Å²) in [4.78, 5) is 54.8. The van der Waals surface area contributed by atoms with E-state index in [1.165, 1.54) is 30.6 Å². The number of amides is 4. The molecule has 1 saturated heterocycles. The first-order valence-corrected chi connectivity index (χ1v) is 8.45. The average molecular weight is 386 g/mol. The van der Waals surface area contributed by atoms with Crippen LogP contribution in [0.25, 0.3) is 0 Å². The minimum atomic E-state index is -1.95. The van der Waals surface area contributed by atoms with E-state index in [2.05, 4.69) is 10.3 Å². The molecule has 3 N–H and O–H groups in total. The summed E-state index contributed by atoms with van der Waals surface area (Å²) in [7, 11) is 0. The summed E-state index contributed by atoms with van der Waals surface area (Å²) < 4.78 is 19.6. The zero-order valence-electron chi connectivity index (χ0n) is 14.4. The number of urea groups is 1. The second kappa shape index (κ2) is 6.25. The lowest BCUT2D eigenvalue weighted by molar-refractivity contribution is -0.131. The van der Waals surface area contributed by atoms with Gasteiger partial charge in [0.15, 0.2) is 12.3 Å². The maximum Gasteiger partial charge on any atom is 0.325 e. The lowest BCUT2D eigenvalue weighted by Crippen LogP contribution is -2.60. The van der Waals surface area contributed by atoms with Gasteiger partial charge in [0.05, 0.1) is 11.1 Å². The summed E-state index contributed by atoms with van der Waals surface area (Å²) in [5, 5.41) is 2.51. The van der Waals surface area contributed by atoms with Crippen LogP contribution in [0.15, 0.2) is 48.0 Å². The third-order valence-electron chi connectivity index (χ3n) is 5.01. The second-order valence-corrected chi connectivity index (χ2v) is 6.65. The Hall–Kier alpha value is -3.56. The third-order valence-corrected chi connectivity index (χ3v) is 5.01. The number of allylic oxidation sites excluding steroid dienone is 2. The van der Waals surface area contributed by atoms with Crippen LogP contribution in [-0.2, 0) is 14.3 Å². The standard InChI is InChI=1S/C18H15FN4O5/c19-10-3-4-11-13(14(10)24)18(6-12(28-11)15(20)25)8-22-17(27)23(18)16(26)9-2-1-5-21-7-9/h1-5,7,10,12H,6,8H2,(H2,20,25)(H,22,27). The summed E-state index contributed by atoms with van der Waals surface area (Å²) in [5.74, 6) is -2.57. The van der Waals surface area contributed by atoms with E-state index in [9.17, 15) is 23.6 Å². The van der Waals surface area contributed by atoms with Crippen molar-refractivity contribution < 1.29 is 28.3 Å². The predicted molar refractivity (Wildman–Crippen MR) is 91.3 cm³/mol. The van der Waals surface area contributed by atoms with Gasteiger partial charge in [-0.3, -0.25) is 19.4 Å². The first-order valence-electron chi connectivity index (χ1n) is 8.45. The fraction of sp³-hybridized carbons (Fsp3) is 0.278. The van der Waals surface area contributed by atoms with Crippen LogP contribution in [0.3, 0.4) is 0 Å². The lowest BCUT2D eigenvalue weighted by Gasteiger charge is -2.43. The molecule has 3 aliphatic rings. The predicted octanol–water partition coefficient (Wildman–Crippen LogP) is -0.00890. The molecule has 4 rings (SSSR count). The number of nitrogens with two attached hydrogens (primary N) is 1. The number of Topliss-reactive ketones (excluding diaryl/α,β-unsaturated/α-hetero) is 1. The van der Waals surface area contributed by atoms with Crippen LogP contribution >= 0.6 is 0 Å². The number of ketones is 1. The fourth-order valence-corrected chi connectivity index (χ4v) is 3.76. The molecule has 1 aromatic heterocycles. The number of pyridine rings is 1. The number of aromatic nitrogens is 1. The Kier molecular flexibility index (Phi) is 3.98. The molecular formula is C18H15FN4O5. The number of primary amides is 1. The van der Waals surface area contributed by atoms with E-state index in [0.717, 1.165) is 11.0 Å². The number of nitrogens with one attached hydrogen (secondary N) is 1. The Morgan fingerprint density at radius 2 is 2.18 bits per heavy atom. The molecule has 0 bridgehead atoms. The summed E-state index contributed by atoms with van der Waals surface area (Å²) in [6.07, 6.45) is 1.50. The Balaban J connectivity index is 1.89. The van der Waals surface area contributed by atoms with Crippen molar-refractivity contribution in [1.29, 1.82) is 0 Å². The minimum Gasteiger partial charge on any atom is -0.480 e. The third kappa shape index (κ3) is 2.48. The number of imide groups is 1. The van der Waals surface area contributed by atoms with Crippen LogP contribution in [0, 0.1) is 0 Å². The van der Waals surface area contributed by atoms with Crippen molar-refractivity contribution in [3.8, 4) is 0 Å². The molecule has 28 heavy (non-hydrogen) atoms. The van der Waals surface area contributed by atoms with Gasteiger partial charge in [0.1, 0.15) is 11.3 Å². The van der Waals surface area contributed by atoms with Gasteiger partial charge in [-0.2, -0.15) is 0 Å². The van der Waals surface area contributed by atoms with E-state index in [1.54, 1.807) is 0 Å². The number of halogens is 1. The number of rotatable bonds is 2.